The maximum Gasteiger partial charge on any atom is 0.276 e. The predicted molar refractivity (Wildman–Crippen MR) is 88.2 cm³/mol. The van der Waals surface area contributed by atoms with Crippen LogP contribution in [0.5, 0.6) is 0 Å². The third kappa shape index (κ3) is 4.07. The maximum atomic E-state index is 12.3. The van der Waals surface area contributed by atoms with Crippen LogP contribution in [0.25, 0.3) is 6.08 Å². The smallest absolute Gasteiger partial charge is 0.276 e. The van der Waals surface area contributed by atoms with Gasteiger partial charge in [-0.05, 0) is 18.6 Å². The number of rotatable bonds is 4. The van der Waals surface area contributed by atoms with Crippen LogP contribution in [-0.4, -0.2) is 48.7 Å². The molecule has 0 unspecified atom stereocenters. The Bertz CT molecular complexity index is 671. The molecule has 0 atom stereocenters. The van der Waals surface area contributed by atoms with E-state index in [4.69, 9.17) is 4.52 Å². The number of quaternary nitrogens is 1. The van der Waals surface area contributed by atoms with Crippen molar-refractivity contribution in [1.29, 1.82) is 0 Å². The molecule has 1 aromatic heterocycles. The third-order valence-electron chi connectivity index (χ3n) is 4.12. The average Bonchev–Trinajstić information content (AvgIpc) is 3.02. The third-order valence-corrected chi connectivity index (χ3v) is 4.12. The number of carbonyl (C=O) groups excluding carboxylic acids is 1. The number of hydrogen-bond acceptors (Lipinski definition) is 3. The highest BCUT2D eigenvalue weighted by Crippen LogP contribution is 2.06. The minimum atomic E-state index is -0.0271. The van der Waals surface area contributed by atoms with Gasteiger partial charge in [0.2, 0.25) is 0 Å². The molecule has 120 valence electrons. The zero-order chi connectivity index (χ0) is 16.1. The van der Waals surface area contributed by atoms with E-state index in [9.17, 15) is 4.79 Å². The van der Waals surface area contributed by atoms with Crippen LogP contribution in [0.1, 0.15) is 21.8 Å². The molecule has 1 amide bonds. The van der Waals surface area contributed by atoms with Crippen molar-refractivity contribution < 1.29 is 14.2 Å². The molecule has 5 nitrogen and oxygen atoms in total. The summed E-state index contributed by atoms with van der Waals surface area (Å²) >= 11 is 0. The molecule has 0 radical (unpaired) electrons. The molecule has 23 heavy (non-hydrogen) atoms. The van der Waals surface area contributed by atoms with Crippen LogP contribution < -0.4 is 4.90 Å². The lowest BCUT2D eigenvalue weighted by molar-refractivity contribution is -0.898. The summed E-state index contributed by atoms with van der Waals surface area (Å²) in [5.74, 6) is 0.643. The standard InChI is InChI=1S/C18H21N3O2/c1-15-14-17(19-23-15)18(22)21-12-10-20(11-13-21)9-5-8-16-6-3-2-4-7-16/h2-8,14H,9-13H2,1H3/p+1. The molecule has 0 bridgehead atoms. The zero-order valence-corrected chi connectivity index (χ0v) is 13.4. The van der Waals surface area contributed by atoms with E-state index < -0.39 is 0 Å². The van der Waals surface area contributed by atoms with Crippen LogP contribution in [0.15, 0.2) is 47.0 Å². The molecule has 3 rings (SSSR count). The fraction of sp³-hybridized carbons (Fsp3) is 0.333. The van der Waals surface area contributed by atoms with Gasteiger partial charge >= 0.3 is 0 Å². The Balaban J connectivity index is 1.47. The number of hydrogen-bond donors (Lipinski definition) is 1. The summed E-state index contributed by atoms with van der Waals surface area (Å²) in [6, 6.07) is 12.0. The molecule has 0 spiro atoms. The highest BCUT2D eigenvalue weighted by Gasteiger charge is 2.25. The first-order valence-corrected chi connectivity index (χ1v) is 8.00. The van der Waals surface area contributed by atoms with E-state index in [1.807, 2.05) is 23.1 Å². The quantitative estimate of drug-likeness (QED) is 0.918. The Labute approximate surface area is 136 Å². The largest absolute Gasteiger partial charge is 0.361 e. The average molecular weight is 312 g/mol. The molecule has 2 heterocycles. The normalized spacial score (nSPS) is 16.1. The summed E-state index contributed by atoms with van der Waals surface area (Å²) in [6.45, 7) is 6.23. The van der Waals surface area contributed by atoms with Crippen LogP contribution >= 0.6 is 0 Å². The highest BCUT2D eigenvalue weighted by atomic mass is 16.5. The van der Waals surface area contributed by atoms with Crippen LogP contribution in [-0.2, 0) is 0 Å². The van der Waals surface area contributed by atoms with E-state index in [0.29, 0.717) is 11.5 Å². The minimum Gasteiger partial charge on any atom is -0.361 e. The first-order valence-electron chi connectivity index (χ1n) is 8.00. The lowest BCUT2D eigenvalue weighted by Crippen LogP contribution is -3.14. The predicted octanol–water partition coefficient (Wildman–Crippen LogP) is 1.04. The molecule has 2 aromatic rings. The van der Waals surface area contributed by atoms with Crippen molar-refractivity contribution in [2.24, 2.45) is 0 Å². The number of aryl methyl sites for hydroxylation is 1. The van der Waals surface area contributed by atoms with Crippen molar-refractivity contribution >= 4 is 12.0 Å². The van der Waals surface area contributed by atoms with E-state index in [1.165, 1.54) is 10.5 Å². The summed E-state index contributed by atoms with van der Waals surface area (Å²) in [6.07, 6.45) is 4.37. The molecule has 1 aliphatic heterocycles. The second-order valence-corrected chi connectivity index (χ2v) is 5.88. The van der Waals surface area contributed by atoms with Crippen LogP contribution in [0.2, 0.25) is 0 Å². The highest BCUT2D eigenvalue weighted by molar-refractivity contribution is 5.92. The summed E-state index contributed by atoms with van der Waals surface area (Å²) in [7, 11) is 0. The number of carbonyl (C=O) groups is 1. The maximum absolute atomic E-state index is 12.3. The Morgan fingerprint density at radius 1 is 1.30 bits per heavy atom. The lowest BCUT2D eigenvalue weighted by Gasteiger charge is -2.31. The Morgan fingerprint density at radius 2 is 2.04 bits per heavy atom. The van der Waals surface area contributed by atoms with E-state index in [0.717, 1.165) is 32.7 Å². The minimum absolute atomic E-state index is 0.0271. The summed E-state index contributed by atoms with van der Waals surface area (Å²) in [4.78, 5) is 15.7. The van der Waals surface area contributed by atoms with Gasteiger partial charge in [0, 0.05) is 6.07 Å². The number of amides is 1. The first-order chi connectivity index (χ1) is 11.2. The zero-order valence-electron chi connectivity index (χ0n) is 13.4. The fourth-order valence-corrected chi connectivity index (χ4v) is 2.79. The van der Waals surface area contributed by atoms with Crippen LogP contribution in [0.4, 0.5) is 0 Å². The first kappa shape index (κ1) is 15.5. The van der Waals surface area contributed by atoms with Gasteiger partial charge in [-0.25, -0.2) is 0 Å². The number of nitrogens with zero attached hydrogens (tertiary/aromatic N) is 2. The van der Waals surface area contributed by atoms with E-state index in [-0.39, 0.29) is 5.91 Å². The number of nitrogens with one attached hydrogen (secondary N) is 1. The van der Waals surface area contributed by atoms with Gasteiger partial charge in [0.25, 0.3) is 5.91 Å². The Kier molecular flexibility index (Phi) is 4.88. The molecule has 0 saturated carbocycles. The Hall–Kier alpha value is -2.40. The summed E-state index contributed by atoms with van der Waals surface area (Å²) < 4.78 is 4.98. The van der Waals surface area contributed by atoms with Gasteiger partial charge in [0.1, 0.15) is 5.76 Å². The molecule has 5 heteroatoms. The second-order valence-electron chi connectivity index (χ2n) is 5.88. The van der Waals surface area contributed by atoms with Crippen molar-refractivity contribution in [3.63, 3.8) is 0 Å². The van der Waals surface area contributed by atoms with Gasteiger partial charge in [-0.1, -0.05) is 41.6 Å². The van der Waals surface area contributed by atoms with Crippen molar-refractivity contribution in [2.75, 3.05) is 32.7 Å². The molecule has 0 aliphatic carbocycles. The SMILES string of the molecule is Cc1cc(C(=O)N2CC[NH+](CC=Cc3ccccc3)CC2)no1. The number of aromatic nitrogens is 1. The monoisotopic (exact) mass is 312 g/mol. The van der Waals surface area contributed by atoms with Crippen molar-refractivity contribution in [2.45, 2.75) is 6.92 Å². The molecular formula is C18H22N3O2+. The van der Waals surface area contributed by atoms with Gasteiger partial charge in [0.15, 0.2) is 5.69 Å². The van der Waals surface area contributed by atoms with Gasteiger partial charge in [-0.2, -0.15) is 0 Å². The van der Waals surface area contributed by atoms with Crippen LogP contribution in [0, 0.1) is 6.92 Å². The van der Waals surface area contributed by atoms with Crippen molar-refractivity contribution in [1.82, 2.24) is 10.1 Å². The molecular weight excluding hydrogens is 290 g/mol. The summed E-state index contributed by atoms with van der Waals surface area (Å²) in [5, 5.41) is 3.81. The van der Waals surface area contributed by atoms with E-state index >= 15 is 0 Å². The molecule has 1 aliphatic rings. The molecule has 1 N–H and O–H groups in total. The fourth-order valence-electron chi connectivity index (χ4n) is 2.79. The van der Waals surface area contributed by atoms with Crippen LogP contribution in [0.3, 0.4) is 0 Å². The Morgan fingerprint density at radius 3 is 2.70 bits per heavy atom. The lowest BCUT2D eigenvalue weighted by atomic mass is 10.2. The van der Waals surface area contributed by atoms with Gasteiger partial charge < -0.3 is 14.3 Å². The topological polar surface area (TPSA) is 50.8 Å². The molecule has 1 saturated heterocycles. The molecule has 1 aromatic carbocycles. The summed E-state index contributed by atoms with van der Waals surface area (Å²) in [5.41, 5.74) is 1.64. The number of piperazine rings is 1. The van der Waals surface area contributed by atoms with E-state index in [1.54, 1.807) is 13.0 Å². The van der Waals surface area contributed by atoms with Crippen molar-refractivity contribution in [3.05, 3.63) is 59.5 Å². The number of benzene rings is 1. The van der Waals surface area contributed by atoms with E-state index in [2.05, 4.69) is 29.4 Å². The van der Waals surface area contributed by atoms with Gasteiger partial charge in [-0.3, -0.25) is 4.79 Å². The second kappa shape index (κ2) is 7.24. The van der Waals surface area contributed by atoms with Crippen molar-refractivity contribution in [3.8, 4) is 0 Å². The van der Waals surface area contributed by atoms with Gasteiger partial charge in [0.05, 0.1) is 32.7 Å². The van der Waals surface area contributed by atoms with Gasteiger partial charge in [-0.15, -0.1) is 0 Å². The molecule has 1 fully saturated rings.